The minimum atomic E-state index is -0.511. The Labute approximate surface area is 93.8 Å². The number of benzene rings is 1. The molecule has 5 heteroatoms. The molecule has 0 aliphatic heterocycles. The number of nitrogens with two attached hydrogens (primary N) is 1. The van der Waals surface area contributed by atoms with Gasteiger partial charge in [0.05, 0.1) is 6.04 Å². The van der Waals surface area contributed by atoms with Crippen molar-refractivity contribution in [2.45, 2.75) is 19.5 Å². The van der Waals surface area contributed by atoms with Crippen LogP contribution in [0.5, 0.6) is 0 Å². The van der Waals surface area contributed by atoms with E-state index in [2.05, 4.69) is 10.9 Å². The number of hydrogen-bond donors (Lipinski definition) is 3. The molecule has 0 spiro atoms. The molecule has 0 saturated carbocycles. The highest BCUT2D eigenvalue weighted by molar-refractivity contribution is 6.30. The predicted molar refractivity (Wildman–Crippen MR) is 60.1 cm³/mol. The number of amides is 1. The maximum atomic E-state index is 11.1. The molecule has 0 fully saturated rings. The minimum absolute atomic E-state index is 0.232. The largest absolute Gasteiger partial charge is 0.320 e. The van der Waals surface area contributed by atoms with Crippen molar-refractivity contribution in [3.8, 4) is 0 Å². The smallest absolute Gasteiger partial charge is 0.250 e. The second-order valence-corrected chi connectivity index (χ2v) is 3.69. The van der Waals surface area contributed by atoms with Crippen molar-refractivity contribution in [3.63, 3.8) is 0 Å². The zero-order chi connectivity index (χ0) is 11.3. The number of halogens is 1. The molecule has 0 bridgehead atoms. The lowest BCUT2D eigenvalue weighted by Gasteiger charge is -2.09. The normalized spacial score (nSPS) is 12.2. The molecule has 1 amide bonds. The van der Waals surface area contributed by atoms with E-state index in [1.165, 1.54) is 0 Å². The molecular formula is C10H14ClN3O. The van der Waals surface area contributed by atoms with Crippen LogP contribution in [0.3, 0.4) is 0 Å². The molecule has 0 radical (unpaired) electrons. The molecule has 1 aromatic rings. The Balaban J connectivity index is 2.32. The van der Waals surface area contributed by atoms with E-state index in [1.807, 2.05) is 12.1 Å². The Morgan fingerprint density at radius 1 is 1.47 bits per heavy atom. The molecule has 4 N–H and O–H groups in total. The zero-order valence-electron chi connectivity index (χ0n) is 8.46. The molecular weight excluding hydrogens is 214 g/mol. The van der Waals surface area contributed by atoms with Crippen LogP contribution in [0.4, 0.5) is 0 Å². The molecule has 0 aliphatic carbocycles. The summed E-state index contributed by atoms with van der Waals surface area (Å²) in [5.74, 6) is -0.232. The molecule has 82 valence electrons. The first-order valence-electron chi connectivity index (χ1n) is 4.62. The van der Waals surface area contributed by atoms with Gasteiger partial charge in [0.2, 0.25) is 0 Å². The highest BCUT2D eigenvalue weighted by Gasteiger charge is 2.04. The Bertz CT molecular complexity index is 324. The summed E-state index contributed by atoms with van der Waals surface area (Å²) < 4.78 is 0. The van der Waals surface area contributed by atoms with Gasteiger partial charge in [0, 0.05) is 11.6 Å². The van der Waals surface area contributed by atoms with E-state index in [-0.39, 0.29) is 5.91 Å². The Morgan fingerprint density at radius 2 is 2.07 bits per heavy atom. The first-order chi connectivity index (χ1) is 7.09. The first-order valence-corrected chi connectivity index (χ1v) is 5.00. The Morgan fingerprint density at radius 3 is 2.60 bits per heavy atom. The molecule has 1 unspecified atom stereocenters. The van der Waals surface area contributed by atoms with Gasteiger partial charge in [-0.25, -0.2) is 5.43 Å². The maximum absolute atomic E-state index is 11.1. The number of carbonyl (C=O) groups excluding carboxylic acids is 1. The number of rotatable bonds is 4. The van der Waals surface area contributed by atoms with Gasteiger partial charge in [0.15, 0.2) is 0 Å². The van der Waals surface area contributed by atoms with Crippen molar-refractivity contribution in [3.05, 3.63) is 34.9 Å². The fourth-order valence-corrected chi connectivity index (χ4v) is 1.08. The third-order valence-corrected chi connectivity index (χ3v) is 2.08. The van der Waals surface area contributed by atoms with E-state index in [0.717, 1.165) is 5.56 Å². The number of carbonyl (C=O) groups is 1. The lowest BCUT2D eigenvalue weighted by molar-refractivity contribution is -0.123. The fraction of sp³-hybridized carbons (Fsp3) is 0.300. The van der Waals surface area contributed by atoms with E-state index >= 15 is 0 Å². The average molecular weight is 228 g/mol. The quantitative estimate of drug-likeness (QED) is 0.667. The lowest BCUT2D eigenvalue weighted by atomic mass is 10.2. The van der Waals surface area contributed by atoms with Gasteiger partial charge in [-0.2, -0.15) is 0 Å². The molecule has 0 aromatic heterocycles. The van der Waals surface area contributed by atoms with Gasteiger partial charge in [-0.05, 0) is 24.6 Å². The summed E-state index contributed by atoms with van der Waals surface area (Å²) in [6.45, 7) is 2.16. The van der Waals surface area contributed by atoms with Crippen molar-refractivity contribution in [2.24, 2.45) is 5.73 Å². The van der Waals surface area contributed by atoms with Crippen LogP contribution in [0.2, 0.25) is 5.02 Å². The first kappa shape index (κ1) is 12.0. The zero-order valence-corrected chi connectivity index (χ0v) is 9.21. The van der Waals surface area contributed by atoms with Crippen molar-refractivity contribution in [1.82, 2.24) is 10.9 Å². The minimum Gasteiger partial charge on any atom is -0.320 e. The van der Waals surface area contributed by atoms with E-state index in [1.54, 1.807) is 19.1 Å². The SMILES string of the molecule is CC(N)C(=O)NNCc1ccc(Cl)cc1. The second kappa shape index (κ2) is 5.70. The maximum Gasteiger partial charge on any atom is 0.250 e. The average Bonchev–Trinajstić information content (AvgIpc) is 2.20. The summed E-state index contributed by atoms with van der Waals surface area (Å²) in [6, 6.07) is 6.85. The van der Waals surface area contributed by atoms with E-state index in [0.29, 0.717) is 11.6 Å². The molecule has 1 rings (SSSR count). The van der Waals surface area contributed by atoms with Gasteiger partial charge in [-0.1, -0.05) is 23.7 Å². The van der Waals surface area contributed by atoms with Gasteiger partial charge in [0.1, 0.15) is 0 Å². The molecule has 1 aromatic carbocycles. The van der Waals surface area contributed by atoms with Crippen molar-refractivity contribution in [1.29, 1.82) is 0 Å². The number of nitrogens with one attached hydrogen (secondary N) is 2. The monoisotopic (exact) mass is 227 g/mol. The highest BCUT2D eigenvalue weighted by atomic mass is 35.5. The third-order valence-electron chi connectivity index (χ3n) is 1.83. The summed E-state index contributed by atoms with van der Waals surface area (Å²) in [4.78, 5) is 11.1. The summed E-state index contributed by atoms with van der Waals surface area (Å²) >= 11 is 5.73. The molecule has 4 nitrogen and oxygen atoms in total. The van der Waals surface area contributed by atoms with Crippen molar-refractivity contribution < 1.29 is 4.79 Å². The topological polar surface area (TPSA) is 67.2 Å². The Kier molecular flexibility index (Phi) is 4.55. The van der Waals surface area contributed by atoms with Crippen LogP contribution < -0.4 is 16.6 Å². The van der Waals surface area contributed by atoms with Crippen molar-refractivity contribution >= 4 is 17.5 Å². The molecule has 0 heterocycles. The van der Waals surface area contributed by atoms with Crippen LogP contribution in [-0.2, 0) is 11.3 Å². The standard InChI is InChI=1S/C10H14ClN3O/c1-7(12)10(15)14-13-6-8-2-4-9(11)5-3-8/h2-5,7,13H,6,12H2,1H3,(H,14,15). The van der Waals surface area contributed by atoms with Crippen LogP contribution in [0, 0.1) is 0 Å². The Hall–Kier alpha value is -1.10. The molecule has 1 atom stereocenters. The fourth-order valence-electron chi connectivity index (χ4n) is 0.949. The molecule has 0 aliphatic rings. The van der Waals surface area contributed by atoms with Gasteiger partial charge in [-0.3, -0.25) is 10.2 Å². The van der Waals surface area contributed by atoms with Crippen LogP contribution in [-0.4, -0.2) is 11.9 Å². The van der Waals surface area contributed by atoms with Gasteiger partial charge in [0.25, 0.3) is 5.91 Å². The molecule has 15 heavy (non-hydrogen) atoms. The van der Waals surface area contributed by atoms with Crippen molar-refractivity contribution in [2.75, 3.05) is 0 Å². The van der Waals surface area contributed by atoms with Crippen LogP contribution in [0.1, 0.15) is 12.5 Å². The predicted octanol–water partition coefficient (Wildman–Crippen LogP) is 0.808. The van der Waals surface area contributed by atoms with Crippen LogP contribution >= 0.6 is 11.6 Å². The van der Waals surface area contributed by atoms with E-state index in [4.69, 9.17) is 17.3 Å². The highest BCUT2D eigenvalue weighted by Crippen LogP contribution is 2.08. The van der Waals surface area contributed by atoms with E-state index in [9.17, 15) is 4.79 Å². The summed E-state index contributed by atoms with van der Waals surface area (Å²) in [5.41, 5.74) is 11.7. The second-order valence-electron chi connectivity index (χ2n) is 3.26. The van der Waals surface area contributed by atoms with E-state index < -0.39 is 6.04 Å². The van der Waals surface area contributed by atoms with Crippen LogP contribution in [0.15, 0.2) is 24.3 Å². The summed E-state index contributed by atoms with van der Waals surface area (Å²) in [5, 5.41) is 0.693. The van der Waals surface area contributed by atoms with Gasteiger partial charge in [-0.15, -0.1) is 0 Å². The lowest BCUT2D eigenvalue weighted by Crippen LogP contribution is -2.45. The van der Waals surface area contributed by atoms with Gasteiger partial charge >= 0.3 is 0 Å². The summed E-state index contributed by atoms with van der Waals surface area (Å²) in [6.07, 6.45) is 0. The van der Waals surface area contributed by atoms with Gasteiger partial charge < -0.3 is 5.73 Å². The number of hydrogen-bond acceptors (Lipinski definition) is 3. The summed E-state index contributed by atoms with van der Waals surface area (Å²) in [7, 11) is 0. The van der Waals surface area contributed by atoms with Crippen LogP contribution in [0.25, 0.3) is 0 Å². The number of hydrazine groups is 1. The molecule has 0 saturated heterocycles. The third kappa shape index (κ3) is 4.29.